The van der Waals surface area contributed by atoms with Crippen molar-refractivity contribution in [3.05, 3.63) is 271 Å². The Hall–Kier alpha value is -9.52. The molecule has 0 N–H and O–H groups in total. The molecule has 0 atom stereocenters. The molecule has 384 valence electrons. The highest BCUT2D eigenvalue weighted by Gasteiger charge is 2.45. The van der Waals surface area contributed by atoms with Crippen molar-refractivity contribution in [2.24, 2.45) is 0 Å². The van der Waals surface area contributed by atoms with Gasteiger partial charge in [-0.1, -0.05) is 156 Å². The Morgan fingerprint density at radius 1 is 0.450 bits per heavy atom. The van der Waals surface area contributed by atoms with Crippen molar-refractivity contribution in [3.8, 4) is 28.3 Å². The number of aromatic nitrogens is 1. The quantitative estimate of drug-likeness (QED) is 0.142. The molecule has 1 aliphatic carbocycles. The molecule has 2 aliphatic heterocycles. The minimum absolute atomic E-state index is 0.188. The topological polar surface area (TPSA) is 23.9 Å². The summed E-state index contributed by atoms with van der Waals surface area (Å²) in [6, 6.07) is 88.4. The van der Waals surface area contributed by atoms with Gasteiger partial charge in [0.15, 0.2) is 0 Å². The van der Waals surface area contributed by atoms with Crippen molar-refractivity contribution in [1.82, 2.24) is 4.57 Å². The normalized spacial score (nSPS) is 14.2. The minimum atomic E-state index is -2.42. The van der Waals surface area contributed by atoms with Crippen LogP contribution in [-0.2, 0) is 10.8 Å². The van der Waals surface area contributed by atoms with Crippen LogP contribution in [0, 0.1) is 6.85 Å². The van der Waals surface area contributed by atoms with Crippen LogP contribution in [0.25, 0.3) is 38.6 Å². The van der Waals surface area contributed by atoms with Crippen molar-refractivity contribution in [1.29, 1.82) is 0 Å². The number of anilines is 9. The van der Waals surface area contributed by atoms with Crippen LogP contribution < -0.4 is 35.8 Å². The van der Waals surface area contributed by atoms with Crippen LogP contribution in [0.4, 0.5) is 51.2 Å². The van der Waals surface area contributed by atoms with E-state index in [1.807, 2.05) is 6.07 Å². The molecule has 11 aromatic carbocycles. The van der Waals surface area contributed by atoms with E-state index >= 15 is 0 Å². The summed E-state index contributed by atoms with van der Waals surface area (Å²) < 4.78 is 36.4. The van der Waals surface area contributed by atoms with Crippen LogP contribution in [0.15, 0.2) is 249 Å². The maximum absolute atomic E-state index is 8.96. The van der Waals surface area contributed by atoms with Crippen LogP contribution >= 0.6 is 0 Å². The maximum atomic E-state index is 8.96. The van der Waals surface area contributed by atoms with Crippen LogP contribution in [0.2, 0.25) is 0 Å². The van der Waals surface area contributed by atoms with Gasteiger partial charge < -0.3 is 24.0 Å². The molecular formula is C74H59BN4O. The van der Waals surface area contributed by atoms with Crippen molar-refractivity contribution >= 4 is 96.1 Å². The van der Waals surface area contributed by atoms with Gasteiger partial charge in [0, 0.05) is 77.2 Å². The first kappa shape index (κ1) is 44.5. The molecule has 15 rings (SSSR count). The summed E-state index contributed by atoms with van der Waals surface area (Å²) in [5.41, 5.74) is 21.1. The second-order valence-corrected chi connectivity index (χ2v) is 23.2. The molecule has 80 heavy (non-hydrogen) atoms. The first-order valence-electron chi connectivity index (χ1n) is 29.3. The second-order valence-electron chi connectivity index (χ2n) is 23.2. The average molecular weight is 1030 g/mol. The van der Waals surface area contributed by atoms with Crippen molar-refractivity contribution in [3.63, 3.8) is 0 Å². The van der Waals surface area contributed by atoms with Gasteiger partial charge in [0.2, 0.25) is 0 Å². The lowest BCUT2D eigenvalue weighted by Gasteiger charge is -2.41. The Morgan fingerprint density at radius 2 is 1.04 bits per heavy atom. The highest BCUT2D eigenvalue weighted by Crippen LogP contribution is 2.53. The number of aryl methyl sites for hydroxylation is 1. The van der Waals surface area contributed by atoms with Gasteiger partial charge in [0.05, 0.1) is 11.0 Å². The van der Waals surface area contributed by atoms with Gasteiger partial charge in [-0.15, -0.1) is 0 Å². The number of nitrogens with zero attached hydrogens (tertiary/aromatic N) is 4. The molecule has 5 nitrogen and oxygen atoms in total. The Balaban J connectivity index is 0.892. The second kappa shape index (κ2) is 18.0. The fourth-order valence-electron chi connectivity index (χ4n) is 13.2. The highest BCUT2D eigenvalue weighted by atomic mass is 16.5. The van der Waals surface area contributed by atoms with E-state index in [1.165, 1.54) is 22.3 Å². The zero-order valence-electron chi connectivity index (χ0n) is 48.4. The van der Waals surface area contributed by atoms with Crippen molar-refractivity contribution < 1.29 is 8.85 Å². The number of ether oxygens (including phenoxy) is 1. The van der Waals surface area contributed by atoms with Crippen LogP contribution in [0.5, 0.6) is 11.5 Å². The SMILES string of the molecule is [2H]C([2H])([2H])c1cc2c3c(c1)N(c1cccc(-n4c5ccccc5c5cc(N(c6ccccc6)c6ccccc6)ccc54)c1)c1cc(C(C)(C)C)ccc1B3c1cc3c(cc1O2)-c1ccc(N(c2ccccc2)c2ccccc2)cc1C3(C)C. The van der Waals surface area contributed by atoms with E-state index in [4.69, 9.17) is 8.85 Å². The first-order chi connectivity index (χ1) is 40.2. The van der Waals surface area contributed by atoms with Crippen molar-refractivity contribution in [2.45, 2.75) is 52.3 Å². The number of hydrogen-bond donors (Lipinski definition) is 0. The van der Waals surface area contributed by atoms with E-state index in [0.29, 0.717) is 5.75 Å². The summed E-state index contributed by atoms with van der Waals surface area (Å²) in [6.45, 7) is 8.77. The summed E-state index contributed by atoms with van der Waals surface area (Å²) in [5.74, 6) is 1.30. The van der Waals surface area contributed by atoms with Gasteiger partial charge in [-0.2, -0.15) is 0 Å². The smallest absolute Gasteiger partial charge is 0.256 e. The molecule has 0 amide bonds. The summed E-state index contributed by atoms with van der Waals surface area (Å²) in [6.07, 6.45) is 0. The van der Waals surface area contributed by atoms with Crippen LogP contribution in [-0.4, -0.2) is 11.3 Å². The first-order valence-corrected chi connectivity index (χ1v) is 27.8. The number of benzene rings is 11. The van der Waals surface area contributed by atoms with E-state index in [0.717, 1.165) is 106 Å². The Morgan fingerprint density at radius 3 is 1.69 bits per heavy atom. The molecule has 0 unspecified atom stereocenters. The largest absolute Gasteiger partial charge is 0.458 e. The van der Waals surface area contributed by atoms with Gasteiger partial charge in [0.1, 0.15) is 11.5 Å². The molecule has 3 aliphatic rings. The van der Waals surface area contributed by atoms with Gasteiger partial charge in [-0.25, -0.2) is 0 Å². The number of fused-ring (bicyclic) bond motifs is 10. The van der Waals surface area contributed by atoms with E-state index in [2.05, 4.69) is 290 Å². The van der Waals surface area contributed by atoms with Gasteiger partial charge >= 0.3 is 0 Å². The van der Waals surface area contributed by atoms with Crippen LogP contribution in [0.1, 0.15) is 61.0 Å². The predicted octanol–water partition coefficient (Wildman–Crippen LogP) is 18.0. The minimum Gasteiger partial charge on any atom is -0.458 e. The number of rotatable bonds is 8. The molecule has 0 radical (unpaired) electrons. The third-order valence-electron chi connectivity index (χ3n) is 17.0. The Bertz CT molecular complexity index is 4470. The monoisotopic (exact) mass is 1030 g/mol. The van der Waals surface area contributed by atoms with E-state index in [1.54, 1.807) is 6.07 Å². The zero-order valence-corrected chi connectivity index (χ0v) is 45.4. The lowest BCUT2D eigenvalue weighted by Crippen LogP contribution is -2.59. The summed E-state index contributed by atoms with van der Waals surface area (Å²) in [5, 5.41) is 2.28. The average Bonchev–Trinajstić information content (AvgIpc) is 2.22. The number of para-hydroxylation sites is 5. The summed E-state index contributed by atoms with van der Waals surface area (Å²) in [7, 11) is 0. The third-order valence-corrected chi connectivity index (χ3v) is 17.0. The Labute approximate surface area is 473 Å². The molecule has 12 aromatic rings. The van der Waals surface area contributed by atoms with Gasteiger partial charge in [-0.3, -0.25) is 0 Å². The predicted molar refractivity (Wildman–Crippen MR) is 337 cm³/mol. The van der Waals surface area contributed by atoms with E-state index in [-0.39, 0.29) is 23.1 Å². The van der Waals surface area contributed by atoms with Crippen LogP contribution in [0.3, 0.4) is 0 Å². The van der Waals surface area contributed by atoms with Crippen molar-refractivity contribution in [2.75, 3.05) is 14.7 Å². The van der Waals surface area contributed by atoms with Gasteiger partial charge in [0.25, 0.3) is 6.71 Å². The molecule has 6 heteroatoms. The van der Waals surface area contributed by atoms with E-state index in [9.17, 15) is 0 Å². The fraction of sp³-hybridized carbons (Fsp3) is 0.108. The number of hydrogen-bond acceptors (Lipinski definition) is 4. The summed E-state index contributed by atoms with van der Waals surface area (Å²) >= 11 is 0. The molecule has 0 spiro atoms. The zero-order chi connectivity index (χ0) is 56.5. The maximum Gasteiger partial charge on any atom is 0.256 e. The molecule has 0 saturated heterocycles. The highest BCUT2D eigenvalue weighted by molar-refractivity contribution is 6.99. The third kappa shape index (κ3) is 7.46. The Kier molecular flexibility index (Phi) is 10.0. The molecule has 0 saturated carbocycles. The van der Waals surface area contributed by atoms with Gasteiger partial charge in [-0.05, 0) is 189 Å². The standard InChI is InChI=1S/C74H59BN4O/c1-48-40-69-72-71(41-48)80-70-46-60-58-37-35-57(77(52-26-15-9-16-27-52)53-28-17-10-18-29-53)45-62(58)74(5,6)63(60)47-65(70)75(72)64-38-34-49(73(2,3)4)42-68(64)79(69)55-31-21-30-54(43-55)78-66-33-20-19-32-59(66)61-44-56(36-39-67(61)78)76(50-22-11-7-12-23-50)51-24-13-8-14-25-51/h7-47H,1-6H3/i1D3. The lowest BCUT2D eigenvalue weighted by molar-refractivity contribution is 0.487. The fourth-order valence-corrected chi connectivity index (χ4v) is 13.2. The molecular weight excluding hydrogens is 972 g/mol. The molecule has 3 heterocycles. The molecule has 0 bridgehead atoms. The molecule has 0 fully saturated rings. The lowest BCUT2D eigenvalue weighted by atomic mass is 9.34. The molecule has 1 aromatic heterocycles. The van der Waals surface area contributed by atoms with E-state index < -0.39 is 6.85 Å². The summed E-state index contributed by atoms with van der Waals surface area (Å²) in [4.78, 5) is 6.94.